The maximum absolute atomic E-state index is 12.3. The molecule has 3 heteroatoms. The summed E-state index contributed by atoms with van der Waals surface area (Å²) in [6.45, 7) is 10.8. The third-order valence-electron chi connectivity index (χ3n) is 3.16. The van der Waals surface area contributed by atoms with Crippen molar-refractivity contribution in [3.05, 3.63) is 67.3 Å². The van der Waals surface area contributed by atoms with Crippen LogP contribution in [0.2, 0.25) is 0 Å². The monoisotopic (exact) mass is 271 g/mol. The van der Waals surface area contributed by atoms with Crippen molar-refractivity contribution >= 4 is 12.0 Å². The Labute approximate surface area is 120 Å². The van der Waals surface area contributed by atoms with Crippen LogP contribution in [-0.2, 0) is 0 Å². The van der Waals surface area contributed by atoms with E-state index in [2.05, 4.69) is 25.1 Å². The number of nitrogens with one attached hydrogen (secondary N) is 1. The first kappa shape index (κ1) is 15.9. The Kier molecular flexibility index (Phi) is 5.94. The zero-order valence-electron chi connectivity index (χ0n) is 11.6. The van der Waals surface area contributed by atoms with Gasteiger partial charge in [-0.2, -0.15) is 0 Å². The third kappa shape index (κ3) is 3.93. The van der Waals surface area contributed by atoms with E-state index in [1.165, 1.54) is 0 Å². The van der Waals surface area contributed by atoms with E-state index >= 15 is 0 Å². The number of rotatable bonds is 8. The summed E-state index contributed by atoms with van der Waals surface area (Å²) in [4.78, 5) is 12.3. The Morgan fingerprint density at radius 1 is 1.15 bits per heavy atom. The van der Waals surface area contributed by atoms with Crippen LogP contribution in [0.25, 0.3) is 6.08 Å². The van der Waals surface area contributed by atoms with E-state index in [0.717, 1.165) is 5.56 Å². The van der Waals surface area contributed by atoms with E-state index in [9.17, 15) is 9.90 Å². The van der Waals surface area contributed by atoms with E-state index in [1.54, 1.807) is 30.4 Å². The van der Waals surface area contributed by atoms with Crippen molar-refractivity contribution in [1.82, 2.24) is 5.32 Å². The highest BCUT2D eigenvalue weighted by Crippen LogP contribution is 2.17. The largest absolute Gasteiger partial charge is 0.394 e. The predicted octanol–water partition coefficient (Wildman–Crippen LogP) is 2.94. The van der Waals surface area contributed by atoms with Gasteiger partial charge in [0.2, 0.25) is 0 Å². The van der Waals surface area contributed by atoms with Crippen molar-refractivity contribution in [2.24, 2.45) is 0 Å². The first-order chi connectivity index (χ1) is 9.60. The minimum Gasteiger partial charge on any atom is -0.394 e. The molecule has 106 valence electrons. The number of hydrogen-bond donors (Lipinski definition) is 2. The van der Waals surface area contributed by atoms with Crippen molar-refractivity contribution in [2.75, 3.05) is 6.61 Å². The Morgan fingerprint density at radius 2 is 1.70 bits per heavy atom. The van der Waals surface area contributed by atoms with Crippen molar-refractivity contribution in [3.63, 3.8) is 0 Å². The summed E-state index contributed by atoms with van der Waals surface area (Å²) in [6.07, 6.45) is 6.04. The molecular weight excluding hydrogens is 250 g/mol. The van der Waals surface area contributed by atoms with Gasteiger partial charge in [-0.05, 0) is 30.5 Å². The van der Waals surface area contributed by atoms with Crippen LogP contribution in [-0.4, -0.2) is 23.2 Å². The van der Waals surface area contributed by atoms with E-state index in [1.807, 2.05) is 12.1 Å². The van der Waals surface area contributed by atoms with Crippen LogP contribution < -0.4 is 5.32 Å². The zero-order chi connectivity index (χ0) is 15.0. The maximum atomic E-state index is 12.3. The standard InChI is InChI=1S/C17H21NO2/c1-4-11-17(13-19,12-5-2)18-16(20)15-9-7-14(6-3)8-10-15/h4-10,19H,1-3,11-13H2,(H,18,20). The molecule has 0 atom stereocenters. The molecule has 3 nitrogen and oxygen atoms in total. The highest BCUT2D eigenvalue weighted by molar-refractivity contribution is 5.94. The second-order valence-corrected chi connectivity index (χ2v) is 4.70. The van der Waals surface area contributed by atoms with Gasteiger partial charge in [0.05, 0.1) is 12.1 Å². The zero-order valence-corrected chi connectivity index (χ0v) is 11.6. The first-order valence-corrected chi connectivity index (χ1v) is 6.48. The number of carbonyl (C=O) groups is 1. The van der Waals surface area contributed by atoms with E-state index in [0.29, 0.717) is 18.4 Å². The molecular formula is C17H21NO2. The molecule has 20 heavy (non-hydrogen) atoms. The van der Waals surface area contributed by atoms with E-state index in [4.69, 9.17) is 0 Å². The molecule has 0 heterocycles. The smallest absolute Gasteiger partial charge is 0.251 e. The molecule has 0 aliphatic carbocycles. The lowest BCUT2D eigenvalue weighted by Gasteiger charge is -2.31. The summed E-state index contributed by atoms with van der Waals surface area (Å²) >= 11 is 0. The number of benzene rings is 1. The summed E-state index contributed by atoms with van der Waals surface area (Å²) in [7, 11) is 0. The Hall–Kier alpha value is -2.13. The molecule has 1 aromatic rings. The highest BCUT2D eigenvalue weighted by Gasteiger charge is 2.28. The molecule has 0 spiro atoms. The second kappa shape index (κ2) is 7.46. The lowest BCUT2D eigenvalue weighted by atomic mass is 9.91. The molecule has 0 unspecified atom stereocenters. The van der Waals surface area contributed by atoms with Gasteiger partial charge in [-0.1, -0.05) is 36.9 Å². The maximum Gasteiger partial charge on any atom is 0.251 e. The topological polar surface area (TPSA) is 49.3 Å². The molecule has 0 saturated carbocycles. The van der Waals surface area contributed by atoms with Crippen LogP contribution in [0.1, 0.15) is 28.8 Å². The minimum atomic E-state index is -0.738. The molecule has 1 amide bonds. The van der Waals surface area contributed by atoms with Crippen molar-refractivity contribution < 1.29 is 9.90 Å². The Bertz CT molecular complexity index is 478. The summed E-state index contributed by atoms with van der Waals surface area (Å²) in [6, 6.07) is 7.11. The summed E-state index contributed by atoms with van der Waals surface area (Å²) < 4.78 is 0. The molecule has 0 aromatic heterocycles. The molecule has 0 aliphatic heterocycles. The van der Waals surface area contributed by atoms with E-state index in [-0.39, 0.29) is 12.5 Å². The van der Waals surface area contributed by atoms with Crippen molar-refractivity contribution in [2.45, 2.75) is 18.4 Å². The lowest BCUT2D eigenvalue weighted by Crippen LogP contribution is -2.50. The molecule has 1 aromatic carbocycles. The van der Waals surface area contributed by atoms with Crippen molar-refractivity contribution in [3.8, 4) is 0 Å². The minimum absolute atomic E-state index is 0.165. The summed E-state index contributed by atoms with van der Waals surface area (Å²) in [5.74, 6) is -0.224. The summed E-state index contributed by atoms with van der Waals surface area (Å²) in [5, 5.41) is 12.5. The van der Waals surface area contributed by atoms with Gasteiger partial charge in [0.15, 0.2) is 0 Å². The van der Waals surface area contributed by atoms with Crippen LogP contribution in [0.5, 0.6) is 0 Å². The predicted molar refractivity (Wildman–Crippen MR) is 83.4 cm³/mol. The Morgan fingerprint density at radius 3 is 2.10 bits per heavy atom. The number of aliphatic hydroxyl groups is 1. The number of aliphatic hydroxyl groups excluding tert-OH is 1. The second-order valence-electron chi connectivity index (χ2n) is 4.70. The van der Waals surface area contributed by atoms with Gasteiger partial charge in [0, 0.05) is 5.56 Å². The molecule has 0 bridgehead atoms. The van der Waals surface area contributed by atoms with Crippen LogP contribution in [0, 0.1) is 0 Å². The quantitative estimate of drug-likeness (QED) is 0.714. The molecule has 0 saturated heterocycles. The van der Waals surface area contributed by atoms with Crippen LogP contribution in [0.3, 0.4) is 0 Å². The van der Waals surface area contributed by atoms with Crippen LogP contribution >= 0.6 is 0 Å². The SMILES string of the molecule is C=CCC(CO)(CC=C)NC(=O)c1ccc(C=C)cc1. The average molecular weight is 271 g/mol. The van der Waals surface area contributed by atoms with Gasteiger partial charge >= 0.3 is 0 Å². The molecule has 1 rings (SSSR count). The normalized spacial score (nSPS) is 10.7. The van der Waals surface area contributed by atoms with Gasteiger partial charge in [-0.15, -0.1) is 13.2 Å². The van der Waals surface area contributed by atoms with Gasteiger partial charge in [0.1, 0.15) is 0 Å². The molecule has 0 radical (unpaired) electrons. The molecule has 2 N–H and O–H groups in total. The lowest BCUT2D eigenvalue weighted by molar-refractivity contribution is 0.0837. The van der Waals surface area contributed by atoms with Crippen LogP contribution in [0.15, 0.2) is 56.2 Å². The first-order valence-electron chi connectivity index (χ1n) is 6.48. The fraction of sp³-hybridized carbons (Fsp3) is 0.235. The summed E-state index contributed by atoms with van der Waals surface area (Å²) in [5.41, 5.74) is 0.756. The number of carbonyl (C=O) groups excluding carboxylic acids is 1. The Balaban J connectivity index is 2.90. The number of hydrogen-bond acceptors (Lipinski definition) is 2. The van der Waals surface area contributed by atoms with Gasteiger partial charge in [0.25, 0.3) is 5.91 Å². The van der Waals surface area contributed by atoms with Gasteiger partial charge in [-0.25, -0.2) is 0 Å². The van der Waals surface area contributed by atoms with Gasteiger partial charge in [-0.3, -0.25) is 4.79 Å². The fourth-order valence-corrected chi connectivity index (χ4v) is 1.99. The average Bonchev–Trinajstić information content (AvgIpc) is 2.47. The van der Waals surface area contributed by atoms with E-state index < -0.39 is 5.54 Å². The van der Waals surface area contributed by atoms with Crippen molar-refractivity contribution in [1.29, 1.82) is 0 Å². The fourth-order valence-electron chi connectivity index (χ4n) is 1.99. The third-order valence-corrected chi connectivity index (χ3v) is 3.16. The molecule has 0 aliphatic rings. The number of amides is 1. The molecule has 0 fully saturated rings. The van der Waals surface area contributed by atoms with Crippen LogP contribution in [0.4, 0.5) is 0 Å². The van der Waals surface area contributed by atoms with Gasteiger partial charge < -0.3 is 10.4 Å². The highest BCUT2D eigenvalue weighted by atomic mass is 16.3.